The average molecular weight is 481 g/mol. The first-order valence-corrected chi connectivity index (χ1v) is 11.3. The van der Waals surface area contributed by atoms with E-state index < -0.39 is 48.4 Å². The molecular formula is C26H28N2O7. The minimum absolute atomic E-state index is 0.0187. The molecule has 184 valence electrons. The van der Waals surface area contributed by atoms with Crippen LogP contribution in [0.1, 0.15) is 46.5 Å². The number of nitrogens with one attached hydrogen (secondary N) is 1. The van der Waals surface area contributed by atoms with E-state index in [0.29, 0.717) is 12.0 Å². The molecule has 2 aromatic carbocycles. The Morgan fingerprint density at radius 1 is 0.886 bits per heavy atom. The fourth-order valence-electron chi connectivity index (χ4n) is 3.90. The van der Waals surface area contributed by atoms with Gasteiger partial charge in [0.2, 0.25) is 0 Å². The van der Waals surface area contributed by atoms with E-state index in [1.807, 2.05) is 13.8 Å². The quantitative estimate of drug-likeness (QED) is 0.409. The molecule has 0 radical (unpaired) electrons. The Hall–Kier alpha value is -4.01. The first kappa shape index (κ1) is 25.6. The number of carbonyl (C=O) groups is 5. The van der Waals surface area contributed by atoms with Gasteiger partial charge in [0.25, 0.3) is 17.7 Å². The van der Waals surface area contributed by atoms with E-state index in [9.17, 15) is 24.0 Å². The van der Waals surface area contributed by atoms with Crippen LogP contribution in [-0.4, -0.2) is 60.4 Å². The number of ether oxygens (including phenoxy) is 2. The minimum atomic E-state index is -1.27. The third-order valence-electron chi connectivity index (χ3n) is 5.55. The van der Waals surface area contributed by atoms with Crippen LogP contribution < -0.4 is 5.32 Å². The standard InChI is InChI=1S/C26H28N2O7/c1-16(2)13-20(25(32)34-3)27-22(29)15-35-26(33)21(14-17-9-5-4-6-10-17)28-23(30)18-11-7-8-12-19(18)24(28)31/h4-12,16,20-21H,13-15H2,1-3H3,(H,27,29)/t20-,21+/m0/s1. The molecule has 0 bridgehead atoms. The lowest BCUT2D eigenvalue weighted by Crippen LogP contribution is -2.48. The molecule has 1 aliphatic rings. The Morgan fingerprint density at radius 3 is 2.00 bits per heavy atom. The van der Waals surface area contributed by atoms with Crippen molar-refractivity contribution in [3.8, 4) is 0 Å². The molecule has 0 unspecified atom stereocenters. The molecule has 1 aliphatic heterocycles. The normalized spacial score (nSPS) is 14.3. The molecule has 9 nitrogen and oxygen atoms in total. The SMILES string of the molecule is COC(=O)[C@H](CC(C)C)NC(=O)COC(=O)[C@@H](Cc1ccccc1)N1C(=O)c2ccccc2C1=O. The molecule has 0 spiro atoms. The summed E-state index contributed by atoms with van der Waals surface area (Å²) >= 11 is 0. The van der Waals surface area contributed by atoms with Gasteiger partial charge in [-0.3, -0.25) is 19.3 Å². The van der Waals surface area contributed by atoms with Crippen molar-refractivity contribution in [3.05, 3.63) is 71.3 Å². The van der Waals surface area contributed by atoms with Gasteiger partial charge in [-0.2, -0.15) is 0 Å². The smallest absolute Gasteiger partial charge is 0.330 e. The molecule has 0 aromatic heterocycles. The number of hydrogen-bond donors (Lipinski definition) is 1. The zero-order valence-corrected chi connectivity index (χ0v) is 19.9. The number of methoxy groups -OCH3 is 1. The highest BCUT2D eigenvalue weighted by atomic mass is 16.5. The number of esters is 2. The van der Waals surface area contributed by atoms with Crippen LogP contribution >= 0.6 is 0 Å². The maximum Gasteiger partial charge on any atom is 0.330 e. The van der Waals surface area contributed by atoms with Crippen molar-refractivity contribution < 1.29 is 33.4 Å². The average Bonchev–Trinajstić information content (AvgIpc) is 3.10. The van der Waals surface area contributed by atoms with Gasteiger partial charge in [0, 0.05) is 6.42 Å². The largest absolute Gasteiger partial charge is 0.467 e. The van der Waals surface area contributed by atoms with Crippen molar-refractivity contribution in [3.63, 3.8) is 0 Å². The predicted octanol–water partition coefficient (Wildman–Crippen LogP) is 2.14. The third-order valence-corrected chi connectivity index (χ3v) is 5.55. The summed E-state index contributed by atoms with van der Waals surface area (Å²) in [6.45, 7) is 3.09. The van der Waals surface area contributed by atoms with Crippen LogP contribution in [-0.2, 0) is 30.3 Å². The number of benzene rings is 2. The van der Waals surface area contributed by atoms with E-state index in [-0.39, 0.29) is 23.5 Å². The van der Waals surface area contributed by atoms with Gasteiger partial charge in [0.1, 0.15) is 12.1 Å². The maximum atomic E-state index is 13.1. The van der Waals surface area contributed by atoms with Crippen LogP contribution in [0.2, 0.25) is 0 Å². The summed E-state index contributed by atoms with van der Waals surface area (Å²) in [5, 5.41) is 2.51. The summed E-state index contributed by atoms with van der Waals surface area (Å²) in [6.07, 6.45) is 0.364. The molecule has 1 N–H and O–H groups in total. The zero-order chi connectivity index (χ0) is 25.5. The summed E-state index contributed by atoms with van der Waals surface area (Å²) in [4.78, 5) is 64.4. The second-order valence-electron chi connectivity index (χ2n) is 8.61. The number of amides is 3. The molecule has 2 atom stereocenters. The lowest BCUT2D eigenvalue weighted by Gasteiger charge is -2.25. The summed E-state index contributed by atoms with van der Waals surface area (Å²) in [5.41, 5.74) is 1.12. The van der Waals surface area contributed by atoms with Crippen LogP contribution in [0, 0.1) is 5.92 Å². The fraction of sp³-hybridized carbons (Fsp3) is 0.346. The van der Waals surface area contributed by atoms with Crippen LogP contribution in [0.15, 0.2) is 54.6 Å². The molecule has 0 fully saturated rings. The van der Waals surface area contributed by atoms with Gasteiger partial charge in [-0.25, -0.2) is 9.59 Å². The summed E-state index contributed by atoms with van der Waals surface area (Å²) in [5.74, 6) is -3.31. The number of carbonyl (C=O) groups excluding carboxylic acids is 5. The molecule has 2 aromatic rings. The van der Waals surface area contributed by atoms with Crippen molar-refractivity contribution in [2.45, 2.75) is 38.8 Å². The number of fused-ring (bicyclic) bond motifs is 1. The highest BCUT2D eigenvalue weighted by molar-refractivity contribution is 6.22. The van der Waals surface area contributed by atoms with Gasteiger partial charge in [-0.15, -0.1) is 0 Å². The van der Waals surface area contributed by atoms with Crippen LogP contribution in [0.25, 0.3) is 0 Å². The molecule has 35 heavy (non-hydrogen) atoms. The van der Waals surface area contributed by atoms with Crippen LogP contribution in [0.4, 0.5) is 0 Å². The summed E-state index contributed by atoms with van der Waals surface area (Å²) in [6, 6.07) is 13.0. The molecule has 0 saturated heterocycles. The highest BCUT2D eigenvalue weighted by Crippen LogP contribution is 2.26. The zero-order valence-electron chi connectivity index (χ0n) is 19.9. The van der Waals surface area contributed by atoms with Crippen molar-refractivity contribution in [1.29, 1.82) is 0 Å². The second kappa shape index (κ2) is 11.4. The van der Waals surface area contributed by atoms with Crippen LogP contribution in [0.3, 0.4) is 0 Å². The fourth-order valence-corrected chi connectivity index (χ4v) is 3.90. The van der Waals surface area contributed by atoms with Gasteiger partial charge in [0.05, 0.1) is 18.2 Å². The lowest BCUT2D eigenvalue weighted by atomic mass is 10.0. The van der Waals surface area contributed by atoms with E-state index in [1.165, 1.54) is 19.2 Å². The van der Waals surface area contributed by atoms with Crippen molar-refractivity contribution in [2.24, 2.45) is 5.92 Å². The van der Waals surface area contributed by atoms with Gasteiger partial charge in [-0.05, 0) is 30.0 Å². The van der Waals surface area contributed by atoms with Crippen molar-refractivity contribution in [2.75, 3.05) is 13.7 Å². The molecule has 3 rings (SSSR count). The van der Waals surface area contributed by atoms with Gasteiger partial charge < -0.3 is 14.8 Å². The molecule has 9 heteroatoms. The maximum absolute atomic E-state index is 13.1. The number of nitrogens with zero attached hydrogens (tertiary/aromatic N) is 1. The molecule has 0 aliphatic carbocycles. The molecule has 0 saturated carbocycles. The molecule has 3 amide bonds. The Bertz CT molecular complexity index is 1080. The highest BCUT2D eigenvalue weighted by Gasteiger charge is 2.43. The van der Waals surface area contributed by atoms with Crippen molar-refractivity contribution in [1.82, 2.24) is 10.2 Å². The Morgan fingerprint density at radius 2 is 1.46 bits per heavy atom. The van der Waals surface area contributed by atoms with Gasteiger partial charge in [0.15, 0.2) is 6.61 Å². The summed E-state index contributed by atoms with van der Waals surface area (Å²) in [7, 11) is 1.22. The first-order chi connectivity index (χ1) is 16.7. The Balaban J connectivity index is 1.75. The Labute approximate surface area is 203 Å². The number of imide groups is 1. The number of hydrogen-bond acceptors (Lipinski definition) is 7. The third kappa shape index (κ3) is 6.11. The van der Waals surface area contributed by atoms with E-state index in [4.69, 9.17) is 9.47 Å². The van der Waals surface area contributed by atoms with Crippen LogP contribution in [0.5, 0.6) is 0 Å². The summed E-state index contributed by atoms with van der Waals surface area (Å²) < 4.78 is 9.94. The topological polar surface area (TPSA) is 119 Å². The van der Waals surface area contributed by atoms with Gasteiger partial charge >= 0.3 is 11.9 Å². The van der Waals surface area contributed by atoms with Crippen molar-refractivity contribution >= 4 is 29.7 Å². The predicted molar refractivity (Wildman–Crippen MR) is 125 cm³/mol. The number of rotatable bonds is 10. The van der Waals surface area contributed by atoms with E-state index in [0.717, 1.165) is 4.90 Å². The van der Waals surface area contributed by atoms with E-state index >= 15 is 0 Å². The van der Waals surface area contributed by atoms with E-state index in [2.05, 4.69) is 5.32 Å². The first-order valence-electron chi connectivity index (χ1n) is 11.3. The molecule has 1 heterocycles. The molecular weight excluding hydrogens is 452 g/mol. The minimum Gasteiger partial charge on any atom is -0.467 e. The Kier molecular flexibility index (Phi) is 8.35. The van der Waals surface area contributed by atoms with Gasteiger partial charge in [-0.1, -0.05) is 56.3 Å². The van der Waals surface area contributed by atoms with E-state index in [1.54, 1.807) is 42.5 Å². The lowest BCUT2D eigenvalue weighted by molar-refractivity contribution is -0.153. The monoisotopic (exact) mass is 480 g/mol. The second-order valence-corrected chi connectivity index (χ2v) is 8.61.